The highest BCUT2D eigenvalue weighted by Gasteiger charge is 2.08. The first kappa shape index (κ1) is 12.1. The van der Waals surface area contributed by atoms with E-state index in [9.17, 15) is 4.79 Å². The Bertz CT molecular complexity index is 801. The van der Waals surface area contributed by atoms with Crippen LogP contribution in [0.3, 0.4) is 0 Å². The largest absolute Gasteiger partial charge is 0.326 e. The van der Waals surface area contributed by atoms with E-state index in [4.69, 9.17) is 11.6 Å². The molecule has 4 heteroatoms. The molecule has 0 saturated heterocycles. The number of hydrogen-bond donors (Lipinski definition) is 1. The topological polar surface area (TPSA) is 37.8 Å². The average Bonchev–Trinajstić information content (AvgIpc) is 2.68. The summed E-state index contributed by atoms with van der Waals surface area (Å²) >= 11 is 5.93. The zero-order valence-electron chi connectivity index (χ0n) is 10.5. The van der Waals surface area contributed by atoms with Gasteiger partial charge in [0.05, 0.1) is 17.6 Å². The first-order chi connectivity index (χ1) is 9.15. The normalized spacial score (nSPS) is 11.1. The molecule has 2 aromatic carbocycles. The van der Waals surface area contributed by atoms with Crippen LogP contribution in [0.1, 0.15) is 11.1 Å². The second-order valence-electron chi connectivity index (χ2n) is 4.60. The molecule has 0 aliphatic heterocycles. The lowest BCUT2D eigenvalue weighted by atomic mass is 10.1. The standard InChI is InChI=1S/C15H13ClN2O/c1-10-4-2-3-5-11(10)9-18-14-7-6-12(16)8-13(14)17-15(18)19/h2-8H,9H2,1H3,(H,17,19). The maximum absolute atomic E-state index is 12.0. The summed E-state index contributed by atoms with van der Waals surface area (Å²) in [5.41, 5.74) is 3.85. The van der Waals surface area contributed by atoms with Gasteiger partial charge in [0.25, 0.3) is 0 Å². The molecule has 0 unspecified atom stereocenters. The van der Waals surface area contributed by atoms with Crippen LogP contribution in [0.2, 0.25) is 5.02 Å². The average molecular weight is 273 g/mol. The number of fused-ring (bicyclic) bond motifs is 1. The van der Waals surface area contributed by atoms with Crippen molar-refractivity contribution in [1.29, 1.82) is 0 Å². The van der Waals surface area contributed by atoms with Gasteiger partial charge in [0.1, 0.15) is 0 Å². The number of imidazole rings is 1. The first-order valence-electron chi connectivity index (χ1n) is 6.08. The van der Waals surface area contributed by atoms with Crippen molar-refractivity contribution in [3.63, 3.8) is 0 Å². The first-order valence-corrected chi connectivity index (χ1v) is 6.45. The fourth-order valence-electron chi connectivity index (χ4n) is 2.25. The van der Waals surface area contributed by atoms with E-state index in [-0.39, 0.29) is 5.69 Å². The summed E-state index contributed by atoms with van der Waals surface area (Å²) < 4.78 is 1.73. The third-order valence-electron chi connectivity index (χ3n) is 3.33. The molecule has 0 radical (unpaired) electrons. The number of aromatic nitrogens is 2. The molecule has 1 heterocycles. The van der Waals surface area contributed by atoms with E-state index in [2.05, 4.69) is 4.98 Å². The van der Waals surface area contributed by atoms with E-state index < -0.39 is 0 Å². The number of rotatable bonds is 2. The number of aryl methyl sites for hydroxylation is 1. The van der Waals surface area contributed by atoms with Crippen LogP contribution in [0.4, 0.5) is 0 Å². The van der Waals surface area contributed by atoms with E-state index in [1.807, 2.05) is 37.3 Å². The van der Waals surface area contributed by atoms with E-state index in [0.717, 1.165) is 16.6 Å². The van der Waals surface area contributed by atoms with Crippen LogP contribution in [0.25, 0.3) is 11.0 Å². The maximum Gasteiger partial charge on any atom is 0.326 e. The molecule has 3 nitrogen and oxygen atoms in total. The van der Waals surface area contributed by atoms with Crippen LogP contribution in [-0.4, -0.2) is 9.55 Å². The van der Waals surface area contributed by atoms with Gasteiger partial charge in [-0.05, 0) is 36.2 Å². The monoisotopic (exact) mass is 272 g/mol. The van der Waals surface area contributed by atoms with Crippen LogP contribution in [0.5, 0.6) is 0 Å². The maximum atomic E-state index is 12.0. The van der Waals surface area contributed by atoms with E-state index in [1.165, 1.54) is 5.56 Å². The van der Waals surface area contributed by atoms with E-state index in [1.54, 1.807) is 16.7 Å². The van der Waals surface area contributed by atoms with Gasteiger partial charge < -0.3 is 4.98 Å². The molecule has 0 saturated carbocycles. The molecule has 0 aliphatic rings. The zero-order valence-corrected chi connectivity index (χ0v) is 11.2. The minimum Gasteiger partial charge on any atom is -0.305 e. The molecule has 3 aromatic rings. The van der Waals surface area contributed by atoms with Gasteiger partial charge in [-0.3, -0.25) is 4.57 Å². The minimum absolute atomic E-state index is 0.111. The van der Waals surface area contributed by atoms with E-state index in [0.29, 0.717) is 11.6 Å². The summed E-state index contributed by atoms with van der Waals surface area (Å²) in [5, 5.41) is 0.622. The van der Waals surface area contributed by atoms with Crippen LogP contribution in [0, 0.1) is 6.92 Å². The lowest BCUT2D eigenvalue weighted by Gasteiger charge is -2.06. The smallest absolute Gasteiger partial charge is 0.305 e. The molecule has 96 valence electrons. The number of nitrogens with zero attached hydrogens (tertiary/aromatic N) is 1. The van der Waals surface area contributed by atoms with Gasteiger partial charge >= 0.3 is 5.69 Å². The number of halogens is 1. The van der Waals surface area contributed by atoms with Crippen molar-refractivity contribution in [3.05, 3.63) is 69.1 Å². The second kappa shape index (κ2) is 4.59. The molecule has 3 rings (SSSR count). The van der Waals surface area contributed by atoms with Crippen molar-refractivity contribution in [2.75, 3.05) is 0 Å². The summed E-state index contributed by atoms with van der Waals surface area (Å²) in [4.78, 5) is 14.9. The molecule has 0 spiro atoms. The molecule has 0 fully saturated rings. The summed E-state index contributed by atoms with van der Waals surface area (Å²) in [5.74, 6) is 0. The highest BCUT2D eigenvalue weighted by molar-refractivity contribution is 6.31. The molecule has 0 aliphatic carbocycles. The highest BCUT2D eigenvalue weighted by atomic mass is 35.5. The second-order valence-corrected chi connectivity index (χ2v) is 5.04. The zero-order chi connectivity index (χ0) is 13.4. The number of benzene rings is 2. The van der Waals surface area contributed by atoms with Crippen molar-refractivity contribution in [3.8, 4) is 0 Å². The molecule has 1 aromatic heterocycles. The predicted molar refractivity (Wildman–Crippen MR) is 77.8 cm³/mol. The van der Waals surface area contributed by atoms with Crippen LogP contribution >= 0.6 is 11.6 Å². The molecular formula is C15H13ClN2O. The number of nitrogens with one attached hydrogen (secondary N) is 1. The summed E-state index contributed by atoms with van der Waals surface area (Å²) in [6, 6.07) is 13.5. The van der Waals surface area contributed by atoms with Crippen molar-refractivity contribution < 1.29 is 0 Å². The van der Waals surface area contributed by atoms with Crippen molar-refractivity contribution in [1.82, 2.24) is 9.55 Å². The summed E-state index contributed by atoms with van der Waals surface area (Å²) in [6.07, 6.45) is 0. The third-order valence-corrected chi connectivity index (χ3v) is 3.56. The van der Waals surface area contributed by atoms with Gasteiger partial charge in [0, 0.05) is 5.02 Å². The van der Waals surface area contributed by atoms with Gasteiger partial charge in [-0.1, -0.05) is 35.9 Å². The highest BCUT2D eigenvalue weighted by Crippen LogP contribution is 2.18. The van der Waals surface area contributed by atoms with Crippen molar-refractivity contribution in [2.24, 2.45) is 0 Å². The Kier molecular flexibility index (Phi) is 2.91. The molecule has 1 N–H and O–H groups in total. The summed E-state index contributed by atoms with van der Waals surface area (Å²) in [6.45, 7) is 2.61. The van der Waals surface area contributed by atoms with Gasteiger partial charge in [0.2, 0.25) is 0 Å². The Morgan fingerprint density at radius 1 is 1.21 bits per heavy atom. The predicted octanol–water partition coefficient (Wildman–Crippen LogP) is 3.34. The molecule has 0 atom stereocenters. The van der Waals surface area contributed by atoms with Crippen LogP contribution in [0.15, 0.2) is 47.3 Å². The summed E-state index contributed by atoms with van der Waals surface area (Å²) in [7, 11) is 0. The van der Waals surface area contributed by atoms with Crippen molar-refractivity contribution in [2.45, 2.75) is 13.5 Å². The SMILES string of the molecule is Cc1ccccc1Cn1c(=O)[nH]c2cc(Cl)ccc21. The lowest BCUT2D eigenvalue weighted by Crippen LogP contribution is -2.17. The number of hydrogen-bond acceptors (Lipinski definition) is 1. The number of H-pyrrole nitrogens is 1. The molecule has 0 amide bonds. The fourth-order valence-corrected chi connectivity index (χ4v) is 2.42. The third kappa shape index (κ3) is 2.17. The quantitative estimate of drug-likeness (QED) is 0.763. The van der Waals surface area contributed by atoms with E-state index >= 15 is 0 Å². The molecular weight excluding hydrogens is 260 g/mol. The van der Waals surface area contributed by atoms with Gasteiger partial charge in [0.15, 0.2) is 0 Å². The minimum atomic E-state index is -0.111. The van der Waals surface area contributed by atoms with Crippen LogP contribution < -0.4 is 5.69 Å². The van der Waals surface area contributed by atoms with Crippen LogP contribution in [-0.2, 0) is 6.54 Å². The number of aromatic amines is 1. The molecule has 19 heavy (non-hydrogen) atoms. The Morgan fingerprint density at radius 3 is 2.79 bits per heavy atom. The van der Waals surface area contributed by atoms with Gasteiger partial charge in [-0.25, -0.2) is 4.79 Å². The fraction of sp³-hybridized carbons (Fsp3) is 0.133. The Hall–Kier alpha value is -2.00. The lowest BCUT2D eigenvalue weighted by molar-refractivity contribution is 0.782. The van der Waals surface area contributed by atoms with Gasteiger partial charge in [-0.2, -0.15) is 0 Å². The Labute approximate surface area is 115 Å². The van der Waals surface area contributed by atoms with Crippen molar-refractivity contribution >= 4 is 22.6 Å². The molecule has 0 bridgehead atoms. The Morgan fingerprint density at radius 2 is 2.00 bits per heavy atom. The Balaban J connectivity index is 2.13. The van der Waals surface area contributed by atoms with Gasteiger partial charge in [-0.15, -0.1) is 0 Å².